The van der Waals surface area contributed by atoms with Gasteiger partial charge in [0.05, 0.1) is 0 Å². The van der Waals surface area contributed by atoms with Crippen LogP contribution in [0.3, 0.4) is 0 Å². The van der Waals surface area contributed by atoms with E-state index < -0.39 is 0 Å². The highest BCUT2D eigenvalue weighted by molar-refractivity contribution is 5.00. The van der Waals surface area contributed by atoms with E-state index in [1.807, 2.05) is 18.4 Å². The summed E-state index contributed by atoms with van der Waals surface area (Å²) in [7, 11) is 0. The zero-order valence-electron chi connectivity index (χ0n) is 6.22. The summed E-state index contributed by atoms with van der Waals surface area (Å²) in [4.78, 5) is 0. The van der Waals surface area contributed by atoms with E-state index in [9.17, 15) is 0 Å². The summed E-state index contributed by atoms with van der Waals surface area (Å²) in [6.07, 6.45) is 9.23. The zero-order chi connectivity index (χ0) is 6.95. The van der Waals surface area contributed by atoms with Gasteiger partial charge in [0.2, 0.25) is 0 Å². The van der Waals surface area contributed by atoms with Crippen LogP contribution in [0, 0.1) is 0 Å². The molecule has 0 fully saturated rings. The van der Waals surface area contributed by atoms with Crippen molar-refractivity contribution in [2.45, 2.75) is 20.3 Å². The predicted molar refractivity (Wildman–Crippen MR) is 42.2 cm³/mol. The Hall–Kier alpha value is -0.720. The second kappa shape index (κ2) is 7.28. The zero-order valence-corrected chi connectivity index (χ0v) is 6.22. The fraction of sp³-hybridized carbons (Fsp3) is 0.500. The third kappa shape index (κ3) is 7.28. The minimum absolute atomic E-state index is 0.996. The first-order chi connectivity index (χ1) is 4.41. The molecule has 1 heteroatoms. The van der Waals surface area contributed by atoms with Crippen molar-refractivity contribution < 1.29 is 0 Å². The quantitative estimate of drug-likeness (QED) is 0.567. The fourth-order valence-corrected chi connectivity index (χ4v) is 0.456. The maximum Gasteiger partial charge on any atom is 0.0113 e. The minimum Gasteiger partial charge on any atom is -0.391 e. The maximum atomic E-state index is 3.08. The fourth-order valence-electron chi connectivity index (χ4n) is 0.456. The summed E-state index contributed by atoms with van der Waals surface area (Å²) in [6.45, 7) is 5.20. The summed E-state index contributed by atoms with van der Waals surface area (Å²) >= 11 is 0. The van der Waals surface area contributed by atoms with Crippen molar-refractivity contribution >= 4 is 0 Å². The number of rotatable bonds is 4. The molecular formula is C8H15N. The van der Waals surface area contributed by atoms with E-state index in [0.717, 1.165) is 13.0 Å². The molecule has 0 radical (unpaired) electrons. The molecule has 0 aliphatic carbocycles. The van der Waals surface area contributed by atoms with E-state index in [1.165, 1.54) is 0 Å². The van der Waals surface area contributed by atoms with Gasteiger partial charge in [0.25, 0.3) is 0 Å². The first-order valence-electron chi connectivity index (χ1n) is 3.46. The smallest absolute Gasteiger partial charge is 0.0113 e. The van der Waals surface area contributed by atoms with Gasteiger partial charge in [-0.15, -0.1) is 0 Å². The van der Waals surface area contributed by atoms with Crippen LogP contribution in [0.15, 0.2) is 24.4 Å². The van der Waals surface area contributed by atoms with Crippen molar-refractivity contribution in [3.63, 3.8) is 0 Å². The van der Waals surface area contributed by atoms with Gasteiger partial charge < -0.3 is 5.32 Å². The minimum atomic E-state index is 0.996. The van der Waals surface area contributed by atoms with E-state index >= 15 is 0 Å². The number of hydrogen-bond donors (Lipinski definition) is 1. The molecule has 9 heavy (non-hydrogen) atoms. The Morgan fingerprint density at radius 3 is 2.56 bits per heavy atom. The lowest BCUT2D eigenvalue weighted by molar-refractivity contribution is 0.919. The largest absolute Gasteiger partial charge is 0.391 e. The summed E-state index contributed by atoms with van der Waals surface area (Å²) < 4.78 is 0. The van der Waals surface area contributed by atoms with Crippen LogP contribution < -0.4 is 5.32 Å². The number of allylic oxidation sites excluding steroid dienone is 3. The lowest BCUT2D eigenvalue weighted by atomic mass is 10.4. The van der Waals surface area contributed by atoms with Gasteiger partial charge >= 0.3 is 0 Å². The Labute approximate surface area is 57.5 Å². The second-order valence-corrected chi connectivity index (χ2v) is 1.75. The van der Waals surface area contributed by atoms with Crippen LogP contribution >= 0.6 is 0 Å². The third-order valence-electron chi connectivity index (χ3n) is 0.901. The molecule has 0 saturated heterocycles. The third-order valence-corrected chi connectivity index (χ3v) is 0.901. The molecule has 0 aromatic carbocycles. The SMILES string of the molecule is CCC=CC=CNCC. The van der Waals surface area contributed by atoms with Crippen LogP contribution in [0.5, 0.6) is 0 Å². The van der Waals surface area contributed by atoms with E-state index in [4.69, 9.17) is 0 Å². The van der Waals surface area contributed by atoms with Gasteiger partial charge in [-0.05, 0) is 25.6 Å². The summed E-state index contributed by atoms with van der Waals surface area (Å²) in [6, 6.07) is 0. The Kier molecular flexibility index (Phi) is 6.70. The molecule has 0 bridgehead atoms. The maximum absolute atomic E-state index is 3.08. The first-order valence-corrected chi connectivity index (χ1v) is 3.46. The highest BCUT2D eigenvalue weighted by atomic mass is 14.8. The van der Waals surface area contributed by atoms with E-state index in [-0.39, 0.29) is 0 Å². The van der Waals surface area contributed by atoms with Crippen LogP contribution in [0.2, 0.25) is 0 Å². The van der Waals surface area contributed by atoms with Crippen molar-refractivity contribution in [2.24, 2.45) is 0 Å². The molecule has 52 valence electrons. The molecule has 0 aliphatic heterocycles. The highest BCUT2D eigenvalue weighted by Crippen LogP contribution is 1.79. The van der Waals surface area contributed by atoms with Crippen molar-refractivity contribution in [1.82, 2.24) is 5.32 Å². The lowest BCUT2D eigenvalue weighted by Gasteiger charge is -1.87. The van der Waals surface area contributed by atoms with Gasteiger partial charge in [-0.25, -0.2) is 0 Å². The van der Waals surface area contributed by atoms with Crippen molar-refractivity contribution in [3.8, 4) is 0 Å². The predicted octanol–water partition coefficient (Wildman–Crippen LogP) is 2.08. The molecule has 0 atom stereocenters. The molecular weight excluding hydrogens is 110 g/mol. The van der Waals surface area contributed by atoms with Gasteiger partial charge in [-0.2, -0.15) is 0 Å². The Morgan fingerprint density at radius 1 is 1.22 bits per heavy atom. The molecule has 0 aromatic rings. The van der Waals surface area contributed by atoms with E-state index in [1.54, 1.807) is 0 Å². The standard InChI is InChI=1S/C8H15N/c1-3-5-6-7-8-9-4-2/h5-9H,3-4H2,1-2H3. The molecule has 1 nitrogen and oxygen atoms in total. The highest BCUT2D eigenvalue weighted by Gasteiger charge is 1.64. The molecule has 0 unspecified atom stereocenters. The van der Waals surface area contributed by atoms with Crippen molar-refractivity contribution in [1.29, 1.82) is 0 Å². The average molecular weight is 125 g/mol. The van der Waals surface area contributed by atoms with Crippen molar-refractivity contribution in [2.75, 3.05) is 6.54 Å². The van der Waals surface area contributed by atoms with Crippen molar-refractivity contribution in [3.05, 3.63) is 24.4 Å². The molecule has 0 aliphatic rings. The Balaban J connectivity index is 3.13. The van der Waals surface area contributed by atoms with Gasteiger partial charge in [0, 0.05) is 6.54 Å². The van der Waals surface area contributed by atoms with Gasteiger partial charge in [0.1, 0.15) is 0 Å². The molecule has 0 amide bonds. The van der Waals surface area contributed by atoms with E-state index in [0.29, 0.717) is 0 Å². The lowest BCUT2D eigenvalue weighted by Crippen LogP contribution is -2.00. The van der Waals surface area contributed by atoms with Crippen LogP contribution in [0.4, 0.5) is 0 Å². The average Bonchev–Trinajstić information content (AvgIpc) is 1.89. The summed E-state index contributed by atoms with van der Waals surface area (Å²) in [5, 5.41) is 3.08. The number of hydrogen-bond acceptors (Lipinski definition) is 1. The van der Waals surface area contributed by atoms with Gasteiger partial charge in [0.15, 0.2) is 0 Å². The second-order valence-electron chi connectivity index (χ2n) is 1.75. The molecule has 0 rings (SSSR count). The first kappa shape index (κ1) is 8.28. The van der Waals surface area contributed by atoms with Gasteiger partial charge in [-0.1, -0.05) is 19.1 Å². The monoisotopic (exact) mass is 125 g/mol. The summed E-state index contributed by atoms with van der Waals surface area (Å²) in [5.74, 6) is 0. The molecule has 0 spiro atoms. The Morgan fingerprint density at radius 2 is 2.00 bits per heavy atom. The van der Waals surface area contributed by atoms with Gasteiger partial charge in [-0.3, -0.25) is 0 Å². The molecule has 0 heterocycles. The van der Waals surface area contributed by atoms with Crippen LogP contribution in [-0.2, 0) is 0 Å². The van der Waals surface area contributed by atoms with E-state index in [2.05, 4.69) is 25.2 Å². The molecule has 0 saturated carbocycles. The summed E-state index contributed by atoms with van der Waals surface area (Å²) in [5.41, 5.74) is 0. The normalized spacial score (nSPS) is 11.3. The molecule has 0 aromatic heterocycles. The molecule has 1 N–H and O–H groups in total. The Bertz CT molecular complexity index is 92.7. The topological polar surface area (TPSA) is 12.0 Å². The number of nitrogens with one attached hydrogen (secondary N) is 1. The van der Waals surface area contributed by atoms with Crippen LogP contribution in [0.25, 0.3) is 0 Å². The van der Waals surface area contributed by atoms with Crippen LogP contribution in [0.1, 0.15) is 20.3 Å². The van der Waals surface area contributed by atoms with Crippen LogP contribution in [-0.4, -0.2) is 6.54 Å².